The van der Waals surface area contributed by atoms with Crippen molar-refractivity contribution in [3.63, 3.8) is 0 Å². The molecular formula is C18H24BrFN2O3SSi. The second kappa shape index (κ2) is 8.89. The molecule has 0 spiro atoms. The SMILES string of the molecule is CC1(c2cc(Br)ccc2F)C=CN=C(N(COCC[Si](C)(C)C)C(=O)O)S1. The zero-order valence-corrected chi connectivity index (χ0v) is 19.2. The molecule has 5 nitrogen and oxygen atoms in total. The van der Waals surface area contributed by atoms with Gasteiger partial charge in [-0.15, -0.1) is 0 Å². The lowest BCUT2D eigenvalue weighted by molar-refractivity contribution is 0.0708. The Balaban J connectivity index is 2.14. The third kappa shape index (κ3) is 6.17. The number of benzene rings is 1. The quantitative estimate of drug-likeness (QED) is 0.325. The first kappa shape index (κ1) is 22.1. The third-order valence-corrected chi connectivity index (χ3v) is 7.51. The molecule has 2 rings (SSSR count). The summed E-state index contributed by atoms with van der Waals surface area (Å²) in [6.07, 6.45) is 2.13. The van der Waals surface area contributed by atoms with Crippen LogP contribution in [0.25, 0.3) is 0 Å². The molecule has 0 radical (unpaired) electrons. The number of aliphatic imine (C=N–C) groups is 1. The number of halogens is 2. The van der Waals surface area contributed by atoms with Crippen LogP contribution in [0.1, 0.15) is 12.5 Å². The summed E-state index contributed by atoms with van der Waals surface area (Å²) < 4.78 is 19.9. The third-order valence-electron chi connectivity index (χ3n) is 4.02. The Bertz CT molecular complexity index is 769. The average Bonchev–Trinajstić information content (AvgIpc) is 2.55. The fourth-order valence-electron chi connectivity index (χ4n) is 2.37. The minimum absolute atomic E-state index is 0.101. The van der Waals surface area contributed by atoms with E-state index in [2.05, 4.69) is 40.6 Å². The second-order valence-corrected chi connectivity index (χ2v) is 15.6. The van der Waals surface area contributed by atoms with Crippen LogP contribution in [-0.4, -0.2) is 42.7 Å². The lowest BCUT2D eigenvalue weighted by atomic mass is 9.99. The molecule has 1 aliphatic heterocycles. The van der Waals surface area contributed by atoms with Crippen molar-refractivity contribution in [1.82, 2.24) is 4.90 Å². The van der Waals surface area contributed by atoms with Gasteiger partial charge in [-0.2, -0.15) is 0 Å². The van der Waals surface area contributed by atoms with Gasteiger partial charge in [0.2, 0.25) is 0 Å². The smallest absolute Gasteiger partial charge is 0.415 e. The van der Waals surface area contributed by atoms with E-state index in [9.17, 15) is 14.3 Å². The molecule has 9 heteroatoms. The maximum Gasteiger partial charge on any atom is 0.415 e. The van der Waals surface area contributed by atoms with Gasteiger partial charge in [-0.25, -0.2) is 19.1 Å². The monoisotopic (exact) mass is 474 g/mol. The molecule has 1 heterocycles. The van der Waals surface area contributed by atoms with Gasteiger partial charge in [0.05, 0.1) is 4.75 Å². The Morgan fingerprint density at radius 1 is 1.44 bits per heavy atom. The van der Waals surface area contributed by atoms with Crippen molar-refractivity contribution < 1.29 is 19.0 Å². The number of thioether (sulfide) groups is 1. The summed E-state index contributed by atoms with van der Waals surface area (Å²) >= 11 is 4.55. The Kier molecular flexibility index (Phi) is 7.29. The van der Waals surface area contributed by atoms with Crippen LogP contribution in [-0.2, 0) is 9.48 Å². The zero-order valence-electron chi connectivity index (χ0n) is 15.8. The van der Waals surface area contributed by atoms with Crippen molar-refractivity contribution in [1.29, 1.82) is 0 Å². The topological polar surface area (TPSA) is 62.1 Å². The van der Waals surface area contributed by atoms with Gasteiger partial charge in [-0.05, 0) is 37.2 Å². The number of carboxylic acid groups (broad SMARTS) is 1. The predicted octanol–water partition coefficient (Wildman–Crippen LogP) is 5.71. The highest BCUT2D eigenvalue weighted by Crippen LogP contribution is 2.43. The summed E-state index contributed by atoms with van der Waals surface area (Å²) in [7, 11) is -1.26. The van der Waals surface area contributed by atoms with Crippen LogP contribution < -0.4 is 0 Å². The number of nitrogens with zero attached hydrogens (tertiary/aromatic N) is 2. The molecule has 0 bridgehead atoms. The highest BCUT2D eigenvalue weighted by Gasteiger charge is 2.35. The van der Waals surface area contributed by atoms with Crippen LogP contribution in [0.4, 0.5) is 9.18 Å². The molecule has 1 amide bonds. The van der Waals surface area contributed by atoms with Crippen molar-refractivity contribution in [3.8, 4) is 0 Å². The summed E-state index contributed by atoms with van der Waals surface area (Å²) in [6, 6.07) is 5.66. The van der Waals surface area contributed by atoms with Gasteiger partial charge in [0.25, 0.3) is 0 Å². The molecule has 1 atom stereocenters. The summed E-state index contributed by atoms with van der Waals surface area (Å²) in [5.74, 6) is -0.354. The Labute approximate surface area is 172 Å². The summed E-state index contributed by atoms with van der Waals surface area (Å²) in [6.45, 7) is 8.93. The van der Waals surface area contributed by atoms with E-state index in [4.69, 9.17) is 4.74 Å². The molecule has 0 saturated heterocycles. The molecule has 0 fully saturated rings. The van der Waals surface area contributed by atoms with Gasteiger partial charge in [-0.1, -0.05) is 47.3 Å². The lowest BCUT2D eigenvalue weighted by Gasteiger charge is -2.32. The standard InChI is InChI=1S/C18H24BrFN2O3SSi/c1-18(14-11-13(19)5-6-15(14)20)7-8-21-16(26-18)22(17(23)24)12-25-9-10-27(2,3)4/h5-8,11H,9-10,12H2,1-4H3,(H,23,24). The van der Waals surface area contributed by atoms with Crippen LogP contribution in [0.3, 0.4) is 0 Å². The average molecular weight is 475 g/mol. The minimum atomic E-state index is -1.26. The maximum absolute atomic E-state index is 14.4. The Hall–Kier alpha value is -1.16. The number of ether oxygens (including phenoxy) is 1. The van der Waals surface area contributed by atoms with E-state index >= 15 is 0 Å². The molecule has 27 heavy (non-hydrogen) atoms. The Morgan fingerprint density at radius 2 is 2.15 bits per heavy atom. The van der Waals surface area contributed by atoms with E-state index in [-0.39, 0.29) is 17.7 Å². The predicted molar refractivity (Wildman–Crippen MR) is 114 cm³/mol. The highest BCUT2D eigenvalue weighted by atomic mass is 79.9. The van der Waals surface area contributed by atoms with Crippen LogP contribution in [0, 0.1) is 5.82 Å². The van der Waals surface area contributed by atoms with Crippen LogP contribution >= 0.6 is 27.7 Å². The van der Waals surface area contributed by atoms with E-state index in [1.807, 2.05) is 6.92 Å². The molecule has 1 aliphatic rings. The molecule has 1 N–H and O–H groups in total. The van der Waals surface area contributed by atoms with Gasteiger partial charge < -0.3 is 9.84 Å². The number of hydrogen-bond donors (Lipinski definition) is 1. The summed E-state index contributed by atoms with van der Waals surface area (Å²) in [5, 5.41) is 9.84. The zero-order chi connectivity index (χ0) is 20.2. The van der Waals surface area contributed by atoms with Crippen LogP contribution in [0.15, 0.2) is 39.9 Å². The summed E-state index contributed by atoms with van der Waals surface area (Å²) in [4.78, 5) is 17.0. The molecule has 0 aromatic heterocycles. The largest absolute Gasteiger partial charge is 0.465 e. The minimum Gasteiger partial charge on any atom is -0.465 e. The van der Waals surface area contributed by atoms with Crippen molar-refractivity contribution in [2.75, 3.05) is 13.3 Å². The van der Waals surface area contributed by atoms with E-state index < -0.39 is 18.9 Å². The van der Waals surface area contributed by atoms with Crippen LogP contribution in [0.5, 0.6) is 0 Å². The first-order valence-electron chi connectivity index (χ1n) is 8.50. The second-order valence-electron chi connectivity index (χ2n) is 7.62. The van der Waals surface area contributed by atoms with Crippen LogP contribution in [0.2, 0.25) is 25.7 Å². The van der Waals surface area contributed by atoms with Crippen molar-refractivity contribution in [2.45, 2.75) is 37.4 Å². The van der Waals surface area contributed by atoms with Gasteiger partial charge >= 0.3 is 6.09 Å². The van der Waals surface area contributed by atoms with E-state index in [0.29, 0.717) is 12.2 Å². The van der Waals surface area contributed by atoms with Gasteiger partial charge in [0, 0.05) is 30.9 Å². The number of carbonyl (C=O) groups is 1. The normalized spacial score (nSPS) is 19.7. The Morgan fingerprint density at radius 3 is 2.78 bits per heavy atom. The maximum atomic E-state index is 14.4. The van der Waals surface area contributed by atoms with Crippen molar-refractivity contribution >= 4 is 47.0 Å². The molecule has 0 saturated carbocycles. The van der Waals surface area contributed by atoms with Crippen molar-refractivity contribution in [3.05, 3.63) is 46.3 Å². The number of rotatable bonds is 6. The van der Waals surface area contributed by atoms with E-state index in [1.54, 1.807) is 18.2 Å². The van der Waals surface area contributed by atoms with E-state index in [0.717, 1.165) is 15.4 Å². The fourth-order valence-corrected chi connectivity index (χ4v) is 4.61. The lowest BCUT2D eigenvalue weighted by Crippen LogP contribution is -2.39. The molecular weight excluding hydrogens is 451 g/mol. The molecule has 1 aromatic rings. The summed E-state index contributed by atoms with van der Waals surface area (Å²) in [5.41, 5.74) is 0.454. The van der Waals surface area contributed by atoms with E-state index in [1.165, 1.54) is 24.0 Å². The number of hydrogen-bond acceptors (Lipinski definition) is 4. The first-order chi connectivity index (χ1) is 12.5. The number of amidine groups is 1. The molecule has 0 aliphatic carbocycles. The van der Waals surface area contributed by atoms with Gasteiger partial charge in [0.1, 0.15) is 12.5 Å². The molecule has 1 aromatic carbocycles. The van der Waals surface area contributed by atoms with Crippen molar-refractivity contribution in [2.24, 2.45) is 4.99 Å². The highest BCUT2D eigenvalue weighted by molar-refractivity contribution is 9.10. The first-order valence-corrected chi connectivity index (χ1v) is 13.8. The number of amides is 1. The van der Waals surface area contributed by atoms with Gasteiger partial charge in [-0.3, -0.25) is 0 Å². The fraction of sp³-hybridized carbons (Fsp3) is 0.444. The molecule has 148 valence electrons. The molecule has 1 unspecified atom stereocenters. The van der Waals surface area contributed by atoms with Gasteiger partial charge in [0.15, 0.2) is 5.17 Å².